The van der Waals surface area contributed by atoms with Crippen LogP contribution in [0.5, 0.6) is 0 Å². The fraction of sp³-hybridized carbons (Fsp3) is 0.393. The molecule has 0 saturated heterocycles. The molecule has 1 aromatic carbocycles. The highest BCUT2D eigenvalue weighted by molar-refractivity contribution is 5.94. The molecule has 13 heteroatoms. The minimum absolute atomic E-state index is 0.143. The van der Waals surface area contributed by atoms with Crippen LogP contribution < -0.4 is 21.4 Å². The van der Waals surface area contributed by atoms with Crippen LogP contribution in [0.3, 0.4) is 0 Å². The maximum Gasteiger partial charge on any atom is 0.408 e. The molecule has 0 unspecified atom stereocenters. The monoisotopic (exact) mass is 571 g/mol. The minimum Gasteiger partial charge on any atom is -0.444 e. The van der Waals surface area contributed by atoms with Crippen LogP contribution in [-0.4, -0.2) is 64.1 Å². The zero-order valence-electron chi connectivity index (χ0n) is 23.5. The van der Waals surface area contributed by atoms with Crippen molar-refractivity contribution in [3.8, 4) is 11.3 Å². The van der Waals surface area contributed by atoms with Gasteiger partial charge in [-0.25, -0.2) is 9.18 Å². The number of ether oxygens (including phenoxy) is 1. The average Bonchev–Trinajstić information content (AvgIpc) is 3.29. The molecule has 3 rings (SSSR count). The Labute approximate surface area is 237 Å². The van der Waals surface area contributed by atoms with Crippen LogP contribution in [0.25, 0.3) is 11.3 Å². The van der Waals surface area contributed by atoms with Gasteiger partial charge in [-0.1, -0.05) is 19.1 Å². The summed E-state index contributed by atoms with van der Waals surface area (Å²) in [5, 5.41) is 11.7. The van der Waals surface area contributed by atoms with E-state index in [0.29, 0.717) is 19.4 Å². The lowest BCUT2D eigenvalue weighted by Gasteiger charge is -2.20. The summed E-state index contributed by atoms with van der Waals surface area (Å²) in [5.41, 5.74) is 3.73. The summed E-state index contributed by atoms with van der Waals surface area (Å²) in [6.45, 7) is 7.29. The number of halogens is 2. The van der Waals surface area contributed by atoms with Crippen LogP contribution in [0.2, 0.25) is 0 Å². The molecule has 3 aromatic rings. The summed E-state index contributed by atoms with van der Waals surface area (Å²) in [6.07, 6.45) is 3.12. The molecule has 220 valence electrons. The average molecular weight is 572 g/mol. The minimum atomic E-state index is -0.740. The van der Waals surface area contributed by atoms with Gasteiger partial charge in [0.05, 0.1) is 23.0 Å². The van der Waals surface area contributed by atoms with Gasteiger partial charge in [0, 0.05) is 25.3 Å². The van der Waals surface area contributed by atoms with E-state index in [9.17, 15) is 23.2 Å². The summed E-state index contributed by atoms with van der Waals surface area (Å²) in [6, 6.07) is 8.87. The number of carbonyl (C=O) groups is 3. The molecule has 0 radical (unpaired) electrons. The van der Waals surface area contributed by atoms with E-state index in [1.807, 2.05) is 6.92 Å². The predicted octanol–water partition coefficient (Wildman–Crippen LogP) is 3.16. The van der Waals surface area contributed by atoms with Crippen molar-refractivity contribution < 1.29 is 27.9 Å². The molecule has 11 nitrogen and oxygen atoms in total. The molecule has 0 aliphatic rings. The third-order valence-corrected chi connectivity index (χ3v) is 5.71. The Hall–Kier alpha value is -4.55. The van der Waals surface area contributed by atoms with Gasteiger partial charge in [0.25, 0.3) is 5.91 Å². The largest absolute Gasteiger partial charge is 0.444 e. The van der Waals surface area contributed by atoms with Gasteiger partial charge in [-0.15, -0.1) is 5.10 Å². The topological polar surface area (TPSA) is 139 Å². The Kier molecular flexibility index (Phi) is 10.7. The van der Waals surface area contributed by atoms with Crippen LogP contribution in [0.4, 0.5) is 13.6 Å². The number of hydrogen-bond acceptors (Lipinski definition) is 7. The van der Waals surface area contributed by atoms with Crippen molar-refractivity contribution in [3.05, 3.63) is 71.7 Å². The number of nitrogens with zero attached hydrogens (tertiary/aromatic N) is 3. The third kappa shape index (κ3) is 10.2. The molecular formula is C28H35F2N7O4. The molecule has 0 fully saturated rings. The Bertz CT molecular complexity index is 1340. The lowest BCUT2D eigenvalue weighted by molar-refractivity contribution is -0.121. The van der Waals surface area contributed by atoms with Crippen molar-refractivity contribution in [1.29, 1.82) is 0 Å². The van der Waals surface area contributed by atoms with Gasteiger partial charge in [0.1, 0.15) is 18.0 Å². The van der Waals surface area contributed by atoms with Crippen LogP contribution in [0.15, 0.2) is 48.8 Å². The van der Waals surface area contributed by atoms with Gasteiger partial charge in [-0.2, -0.15) is 9.18 Å². The van der Waals surface area contributed by atoms with Gasteiger partial charge in [-0.3, -0.25) is 14.6 Å². The predicted molar refractivity (Wildman–Crippen MR) is 149 cm³/mol. The number of hydrogen-bond donors (Lipinski definition) is 4. The number of benzene rings is 1. The van der Waals surface area contributed by atoms with Crippen molar-refractivity contribution in [2.75, 3.05) is 25.1 Å². The molecule has 4 N–H and O–H groups in total. The lowest BCUT2D eigenvalue weighted by Crippen LogP contribution is -2.47. The van der Waals surface area contributed by atoms with Crippen molar-refractivity contribution >= 4 is 17.9 Å². The van der Waals surface area contributed by atoms with Gasteiger partial charge >= 0.3 is 6.09 Å². The van der Waals surface area contributed by atoms with E-state index in [-0.39, 0.29) is 41.8 Å². The van der Waals surface area contributed by atoms with E-state index in [0.717, 1.165) is 5.56 Å². The molecule has 2 aromatic heterocycles. The first-order chi connectivity index (χ1) is 19.4. The van der Waals surface area contributed by atoms with E-state index in [2.05, 4.69) is 31.5 Å². The van der Waals surface area contributed by atoms with Crippen LogP contribution >= 0.6 is 0 Å². The molecule has 2 heterocycles. The maximum atomic E-state index is 14.5. The molecular weight excluding hydrogens is 536 g/mol. The number of pyridine rings is 1. The Balaban J connectivity index is 1.47. The molecule has 41 heavy (non-hydrogen) atoms. The summed E-state index contributed by atoms with van der Waals surface area (Å²) in [4.78, 5) is 41.9. The molecule has 1 atom stereocenters. The highest BCUT2D eigenvalue weighted by Crippen LogP contribution is 2.19. The number of carbonyl (C=O) groups excluding carboxylic acids is 3. The molecule has 0 saturated carbocycles. The van der Waals surface area contributed by atoms with Crippen LogP contribution in [-0.2, 0) is 16.0 Å². The van der Waals surface area contributed by atoms with Gasteiger partial charge in [-0.05, 0) is 63.4 Å². The summed E-state index contributed by atoms with van der Waals surface area (Å²) in [7, 11) is 0. The SMILES string of the molecule is CC[C@H](CNC(=O)c1ccc(-c2cn(NCCc3cccc(F)c3)nc2F)nc1)NC(=O)CNC(=O)OC(C)(C)C. The molecule has 0 aliphatic carbocycles. The Morgan fingerprint density at radius 2 is 1.88 bits per heavy atom. The normalized spacial score (nSPS) is 11.9. The van der Waals surface area contributed by atoms with Gasteiger partial charge in [0.15, 0.2) is 0 Å². The zero-order valence-corrected chi connectivity index (χ0v) is 23.5. The molecule has 3 amide bonds. The molecule has 0 aliphatic heterocycles. The van der Waals surface area contributed by atoms with Crippen molar-refractivity contribution in [2.24, 2.45) is 0 Å². The first-order valence-electron chi connectivity index (χ1n) is 13.2. The maximum absolute atomic E-state index is 14.5. The molecule has 0 bridgehead atoms. The second-order valence-corrected chi connectivity index (χ2v) is 10.2. The van der Waals surface area contributed by atoms with Gasteiger partial charge in [0.2, 0.25) is 11.9 Å². The van der Waals surface area contributed by atoms with Crippen molar-refractivity contribution in [1.82, 2.24) is 30.8 Å². The first-order valence-corrected chi connectivity index (χ1v) is 13.2. The number of rotatable bonds is 12. The number of nitrogens with one attached hydrogen (secondary N) is 4. The number of alkyl carbamates (subject to hydrolysis) is 1. The standard InChI is InChI=1S/C28H35F2N7O4/c1-5-21(35-24(38)16-33-27(40)41-28(2,3)4)15-32-26(39)19-9-10-23(31-14-19)22-17-37(36-25(22)30)34-12-11-18-7-6-8-20(29)13-18/h6-10,13-14,17,21,34H,5,11-12,15-16H2,1-4H3,(H,32,39)(H,33,40)(H,35,38)/t21-/m1/s1. The second-order valence-electron chi connectivity index (χ2n) is 10.2. The third-order valence-electron chi connectivity index (χ3n) is 5.71. The summed E-state index contributed by atoms with van der Waals surface area (Å²) < 4.78 is 32.9. The highest BCUT2D eigenvalue weighted by Gasteiger charge is 2.18. The van der Waals surface area contributed by atoms with E-state index in [1.54, 1.807) is 32.9 Å². The first kappa shape index (κ1) is 31.0. The van der Waals surface area contributed by atoms with Crippen LogP contribution in [0, 0.1) is 11.8 Å². The fourth-order valence-corrected chi connectivity index (χ4v) is 3.66. The number of aromatic nitrogens is 3. The quantitative estimate of drug-likeness (QED) is 0.262. The van der Waals surface area contributed by atoms with E-state index >= 15 is 0 Å². The zero-order chi connectivity index (χ0) is 30.0. The van der Waals surface area contributed by atoms with Gasteiger partial charge < -0.3 is 26.1 Å². The van der Waals surface area contributed by atoms with Crippen LogP contribution in [0.1, 0.15) is 50.0 Å². The van der Waals surface area contributed by atoms with Crippen molar-refractivity contribution in [3.63, 3.8) is 0 Å². The van der Waals surface area contributed by atoms with Crippen molar-refractivity contribution in [2.45, 2.75) is 52.2 Å². The summed E-state index contributed by atoms with van der Waals surface area (Å²) in [5.74, 6) is -1.90. The lowest BCUT2D eigenvalue weighted by atomic mass is 10.1. The number of amides is 3. The van der Waals surface area contributed by atoms with E-state index < -0.39 is 29.5 Å². The van der Waals surface area contributed by atoms with E-state index in [4.69, 9.17) is 4.74 Å². The second kappa shape index (κ2) is 14.2. The molecule has 0 spiro atoms. The van der Waals surface area contributed by atoms with E-state index in [1.165, 1.54) is 41.4 Å². The highest BCUT2D eigenvalue weighted by atomic mass is 19.1. The smallest absolute Gasteiger partial charge is 0.408 e. The summed E-state index contributed by atoms with van der Waals surface area (Å²) >= 11 is 0. The fourth-order valence-electron chi connectivity index (χ4n) is 3.66. The Morgan fingerprint density at radius 3 is 2.54 bits per heavy atom. The Morgan fingerprint density at radius 1 is 1.10 bits per heavy atom.